The summed E-state index contributed by atoms with van der Waals surface area (Å²) in [5.41, 5.74) is 2.66. The minimum absolute atomic E-state index is 0.147. The summed E-state index contributed by atoms with van der Waals surface area (Å²) in [7, 11) is 0. The zero-order valence-corrected chi connectivity index (χ0v) is 15.8. The Morgan fingerprint density at radius 3 is 2.63 bits per heavy atom. The first kappa shape index (κ1) is 17.4. The number of ether oxygens (including phenoxy) is 1. The average molecular weight is 379 g/mol. The molecule has 4 aromatic rings. The van der Waals surface area contributed by atoms with Crippen LogP contribution >= 0.6 is 11.6 Å². The first-order chi connectivity index (χ1) is 13.1. The molecule has 0 aliphatic rings. The van der Waals surface area contributed by atoms with Crippen molar-refractivity contribution in [3.8, 4) is 11.4 Å². The summed E-state index contributed by atoms with van der Waals surface area (Å²) < 4.78 is 7.66. The molecule has 4 rings (SSSR count). The van der Waals surface area contributed by atoms with E-state index in [1.54, 1.807) is 0 Å². The lowest BCUT2D eigenvalue weighted by molar-refractivity contribution is 0.242. The molecule has 2 heterocycles. The first-order valence-electron chi connectivity index (χ1n) is 8.72. The largest absolute Gasteiger partial charge is 0.491 e. The normalized spacial score (nSPS) is 11.1. The number of nitrogens with one attached hydrogen (secondary N) is 1. The maximum atomic E-state index is 6.13. The lowest BCUT2D eigenvalue weighted by Crippen LogP contribution is -2.05. The molecule has 0 bridgehead atoms. The highest BCUT2D eigenvalue weighted by atomic mass is 35.5. The molecular formula is C21H19ClN4O. The van der Waals surface area contributed by atoms with E-state index in [0.29, 0.717) is 11.0 Å². The highest BCUT2D eigenvalue weighted by molar-refractivity contribution is 6.30. The molecule has 0 atom stereocenters. The molecule has 27 heavy (non-hydrogen) atoms. The van der Waals surface area contributed by atoms with Gasteiger partial charge in [0, 0.05) is 34.2 Å². The Kier molecular flexibility index (Phi) is 4.69. The van der Waals surface area contributed by atoms with Gasteiger partial charge < -0.3 is 14.6 Å². The second-order valence-electron chi connectivity index (χ2n) is 6.45. The maximum Gasteiger partial charge on any atom is 0.229 e. The topological polar surface area (TPSA) is 52.0 Å². The van der Waals surface area contributed by atoms with Crippen molar-refractivity contribution in [1.29, 1.82) is 0 Å². The van der Waals surface area contributed by atoms with E-state index in [0.717, 1.165) is 28.2 Å². The smallest absolute Gasteiger partial charge is 0.229 e. The molecule has 0 unspecified atom stereocenters. The van der Waals surface area contributed by atoms with E-state index >= 15 is 0 Å². The number of nitrogens with zero attached hydrogens (tertiary/aromatic N) is 3. The van der Waals surface area contributed by atoms with Crippen LogP contribution in [-0.4, -0.2) is 20.6 Å². The van der Waals surface area contributed by atoms with Crippen molar-refractivity contribution in [2.75, 3.05) is 5.32 Å². The van der Waals surface area contributed by atoms with Gasteiger partial charge in [0.25, 0.3) is 0 Å². The van der Waals surface area contributed by atoms with Crippen molar-refractivity contribution in [3.63, 3.8) is 0 Å². The van der Waals surface area contributed by atoms with E-state index in [4.69, 9.17) is 16.3 Å². The van der Waals surface area contributed by atoms with E-state index in [2.05, 4.69) is 15.3 Å². The number of hydrogen-bond donors (Lipinski definition) is 1. The predicted octanol–water partition coefficient (Wildman–Crippen LogP) is 5.60. The van der Waals surface area contributed by atoms with Crippen LogP contribution in [0.3, 0.4) is 0 Å². The van der Waals surface area contributed by atoms with E-state index in [1.807, 2.05) is 85.4 Å². The third-order valence-electron chi connectivity index (χ3n) is 4.00. The van der Waals surface area contributed by atoms with Crippen LogP contribution in [-0.2, 0) is 0 Å². The fourth-order valence-electron chi connectivity index (χ4n) is 2.83. The van der Waals surface area contributed by atoms with Gasteiger partial charge in [0.1, 0.15) is 11.4 Å². The number of aromatic nitrogens is 3. The van der Waals surface area contributed by atoms with Gasteiger partial charge in [-0.3, -0.25) is 0 Å². The maximum absolute atomic E-state index is 6.13. The van der Waals surface area contributed by atoms with E-state index in [-0.39, 0.29) is 6.10 Å². The number of fused-ring (bicyclic) bond motifs is 1. The van der Waals surface area contributed by atoms with Crippen LogP contribution in [0.2, 0.25) is 5.02 Å². The summed E-state index contributed by atoms with van der Waals surface area (Å²) in [5, 5.41) is 4.88. The summed E-state index contributed by atoms with van der Waals surface area (Å²) in [6.45, 7) is 4.01. The predicted molar refractivity (Wildman–Crippen MR) is 109 cm³/mol. The van der Waals surface area contributed by atoms with Gasteiger partial charge in [0.15, 0.2) is 0 Å². The summed E-state index contributed by atoms with van der Waals surface area (Å²) in [6.07, 6.45) is 3.92. The number of rotatable bonds is 5. The van der Waals surface area contributed by atoms with Crippen LogP contribution in [0.25, 0.3) is 16.7 Å². The number of halogens is 1. The fourth-order valence-corrected chi connectivity index (χ4v) is 3.02. The van der Waals surface area contributed by atoms with Gasteiger partial charge in [0.05, 0.1) is 6.10 Å². The minimum atomic E-state index is 0.147. The Morgan fingerprint density at radius 2 is 1.89 bits per heavy atom. The third-order valence-corrected chi connectivity index (χ3v) is 4.23. The molecule has 0 amide bonds. The Labute approximate surface area is 162 Å². The van der Waals surface area contributed by atoms with E-state index in [1.165, 1.54) is 0 Å². The van der Waals surface area contributed by atoms with Crippen molar-refractivity contribution in [1.82, 2.24) is 14.5 Å². The second kappa shape index (κ2) is 7.29. The van der Waals surface area contributed by atoms with Crippen molar-refractivity contribution in [2.24, 2.45) is 0 Å². The molecule has 5 nitrogen and oxygen atoms in total. The zero-order chi connectivity index (χ0) is 18.8. The molecular weight excluding hydrogens is 360 g/mol. The van der Waals surface area contributed by atoms with Gasteiger partial charge in [-0.1, -0.05) is 17.7 Å². The lowest BCUT2D eigenvalue weighted by atomic mass is 10.3. The van der Waals surface area contributed by atoms with Gasteiger partial charge >= 0.3 is 0 Å². The molecule has 0 spiro atoms. The van der Waals surface area contributed by atoms with Crippen LogP contribution in [0.4, 0.5) is 11.6 Å². The number of benzene rings is 2. The fraction of sp³-hybridized carbons (Fsp3) is 0.143. The first-order valence-corrected chi connectivity index (χ1v) is 9.10. The second-order valence-corrected chi connectivity index (χ2v) is 6.89. The standard InChI is InChI=1S/C21H19ClN4O/c1-14(2)27-19-8-6-17(7-9-19)24-21-23-13-15-10-11-26(20(15)25-21)18-5-3-4-16(22)12-18/h3-14H,1-2H3,(H,23,24,25). The molecule has 1 N–H and O–H groups in total. The third kappa shape index (κ3) is 3.88. The summed E-state index contributed by atoms with van der Waals surface area (Å²) in [4.78, 5) is 9.08. The highest BCUT2D eigenvalue weighted by Gasteiger charge is 2.08. The molecule has 2 aromatic carbocycles. The lowest BCUT2D eigenvalue weighted by Gasteiger charge is -2.11. The van der Waals surface area contributed by atoms with Crippen LogP contribution in [0.15, 0.2) is 67.0 Å². The Hall–Kier alpha value is -3.05. The van der Waals surface area contributed by atoms with Gasteiger partial charge in [-0.2, -0.15) is 4.98 Å². The van der Waals surface area contributed by atoms with Crippen LogP contribution in [0.1, 0.15) is 13.8 Å². The van der Waals surface area contributed by atoms with E-state index < -0.39 is 0 Å². The summed E-state index contributed by atoms with van der Waals surface area (Å²) in [5.74, 6) is 1.36. The van der Waals surface area contributed by atoms with Crippen molar-refractivity contribution in [2.45, 2.75) is 20.0 Å². The molecule has 0 fully saturated rings. The summed E-state index contributed by atoms with van der Waals surface area (Å²) in [6, 6.07) is 17.4. The molecule has 0 aliphatic heterocycles. The van der Waals surface area contributed by atoms with Crippen molar-refractivity contribution < 1.29 is 4.74 Å². The van der Waals surface area contributed by atoms with Crippen LogP contribution in [0.5, 0.6) is 5.75 Å². The Bertz CT molecular complexity index is 1070. The number of hydrogen-bond acceptors (Lipinski definition) is 4. The Balaban J connectivity index is 1.62. The molecule has 0 saturated heterocycles. The molecule has 0 saturated carbocycles. The highest BCUT2D eigenvalue weighted by Crippen LogP contribution is 2.23. The minimum Gasteiger partial charge on any atom is -0.491 e. The molecule has 0 radical (unpaired) electrons. The zero-order valence-electron chi connectivity index (χ0n) is 15.1. The SMILES string of the molecule is CC(C)Oc1ccc(Nc2ncc3ccn(-c4cccc(Cl)c4)c3n2)cc1. The van der Waals surface area contributed by atoms with Crippen LogP contribution < -0.4 is 10.1 Å². The van der Waals surface area contributed by atoms with Crippen LogP contribution in [0, 0.1) is 0 Å². The molecule has 0 aliphatic carbocycles. The molecule has 136 valence electrons. The van der Waals surface area contributed by atoms with Crippen molar-refractivity contribution >= 4 is 34.3 Å². The van der Waals surface area contributed by atoms with Gasteiger partial charge in [0.2, 0.25) is 5.95 Å². The van der Waals surface area contributed by atoms with Gasteiger partial charge in [-0.05, 0) is 62.4 Å². The van der Waals surface area contributed by atoms with E-state index in [9.17, 15) is 0 Å². The Morgan fingerprint density at radius 1 is 1.07 bits per heavy atom. The summed E-state index contributed by atoms with van der Waals surface area (Å²) >= 11 is 6.13. The van der Waals surface area contributed by atoms with Gasteiger partial charge in [-0.15, -0.1) is 0 Å². The number of anilines is 2. The quantitative estimate of drug-likeness (QED) is 0.490. The van der Waals surface area contributed by atoms with Gasteiger partial charge in [-0.25, -0.2) is 4.98 Å². The molecule has 6 heteroatoms. The van der Waals surface area contributed by atoms with Crippen molar-refractivity contribution in [3.05, 3.63) is 72.0 Å². The monoisotopic (exact) mass is 378 g/mol. The average Bonchev–Trinajstić information content (AvgIpc) is 3.06. The molecule has 2 aromatic heterocycles.